The van der Waals surface area contributed by atoms with Gasteiger partial charge in [0.25, 0.3) is 0 Å². The Bertz CT molecular complexity index is 590. The van der Waals surface area contributed by atoms with E-state index in [4.69, 9.17) is 0 Å². The van der Waals surface area contributed by atoms with Crippen molar-refractivity contribution in [3.63, 3.8) is 0 Å². The second-order valence-corrected chi connectivity index (χ2v) is 5.17. The van der Waals surface area contributed by atoms with Crippen LogP contribution in [0.4, 0.5) is 0 Å². The van der Waals surface area contributed by atoms with Crippen molar-refractivity contribution in [2.24, 2.45) is 0 Å². The quantitative estimate of drug-likeness (QED) is 0.942. The molecule has 1 N–H and O–H groups in total. The van der Waals surface area contributed by atoms with Crippen molar-refractivity contribution in [2.75, 3.05) is 0 Å². The van der Waals surface area contributed by atoms with Crippen LogP contribution in [0.25, 0.3) is 11.3 Å². The first-order valence-corrected chi connectivity index (χ1v) is 6.36. The lowest BCUT2D eigenvalue weighted by Gasteiger charge is -2.13. The van der Waals surface area contributed by atoms with Gasteiger partial charge in [-0.1, -0.05) is 22.0 Å². The third-order valence-electron chi connectivity index (χ3n) is 2.65. The van der Waals surface area contributed by atoms with E-state index in [0.29, 0.717) is 5.56 Å². The summed E-state index contributed by atoms with van der Waals surface area (Å²) in [4.78, 5) is 11.3. The molecule has 0 spiro atoms. The lowest BCUT2D eigenvalue weighted by Crippen LogP contribution is -2.07. The van der Waals surface area contributed by atoms with E-state index in [1.165, 1.54) is 0 Å². The van der Waals surface area contributed by atoms with E-state index in [0.717, 1.165) is 10.2 Å². The summed E-state index contributed by atoms with van der Waals surface area (Å²) in [6.45, 7) is 4.02. The molecule has 94 valence electrons. The lowest BCUT2D eigenvalue weighted by molar-refractivity contribution is 0.0697. The highest BCUT2D eigenvalue weighted by Crippen LogP contribution is 2.28. The van der Waals surface area contributed by atoms with Crippen LogP contribution in [-0.4, -0.2) is 20.9 Å². The molecule has 4 nitrogen and oxygen atoms in total. The zero-order valence-corrected chi connectivity index (χ0v) is 11.7. The molecule has 0 aliphatic rings. The molecule has 18 heavy (non-hydrogen) atoms. The van der Waals surface area contributed by atoms with Gasteiger partial charge in [0.15, 0.2) is 0 Å². The predicted molar refractivity (Wildman–Crippen MR) is 72.7 cm³/mol. The molecule has 2 aromatic rings. The van der Waals surface area contributed by atoms with Crippen molar-refractivity contribution in [1.29, 1.82) is 0 Å². The lowest BCUT2D eigenvalue weighted by atomic mass is 10.0. The van der Waals surface area contributed by atoms with Crippen molar-refractivity contribution in [1.82, 2.24) is 9.78 Å². The highest BCUT2D eigenvalue weighted by Gasteiger charge is 2.16. The van der Waals surface area contributed by atoms with Crippen LogP contribution >= 0.6 is 15.9 Å². The molecule has 0 fully saturated rings. The normalized spacial score (nSPS) is 10.9. The minimum Gasteiger partial charge on any atom is -0.478 e. The predicted octanol–water partition coefficient (Wildman–Crippen LogP) is 3.59. The Balaban J connectivity index is 2.63. The largest absolute Gasteiger partial charge is 0.478 e. The Labute approximate surface area is 113 Å². The molecule has 2 rings (SSSR count). The van der Waals surface area contributed by atoms with Gasteiger partial charge in [0.05, 0.1) is 11.3 Å². The maximum atomic E-state index is 11.3. The number of aromatic nitrogens is 2. The summed E-state index contributed by atoms with van der Waals surface area (Å²) in [7, 11) is 0. The third-order valence-corrected chi connectivity index (χ3v) is 3.14. The number of benzene rings is 1. The number of hydrogen-bond acceptors (Lipinski definition) is 2. The highest BCUT2D eigenvalue weighted by atomic mass is 79.9. The van der Waals surface area contributed by atoms with Crippen molar-refractivity contribution in [2.45, 2.75) is 19.9 Å². The Kier molecular flexibility index (Phi) is 3.52. The number of carbonyl (C=O) groups is 1. The molecule has 0 amide bonds. The van der Waals surface area contributed by atoms with Gasteiger partial charge in [-0.3, -0.25) is 4.68 Å². The summed E-state index contributed by atoms with van der Waals surface area (Å²) in [5.74, 6) is -0.942. The third kappa shape index (κ3) is 2.31. The molecule has 0 atom stereocenters. The van der Waals surface area contributed by atoms with Gasteiger partial charge >= 0.3 is 5.97 Å². The van der Waals surface area contributed by atoms with Crippen LogP contribution in [0, 0.1) is 0 Å². The summed E-state index contributed by atoms with van der Waals surface area (Å²) in [6, 6.07) is 7.24. The maximum Gasteiger partial charge on any atom is 0.336 e. The Morgan fingerprint density at radius 3 is 2.72 bits per heavy atom. The molecule has 1 aromatic heterocycles. The van der Waals surface area contributed by atoms with Gasteiger partial charge in [-0.05, 0) is 32.0 Å². The van der Waals surface area contributed by atoms with Crippen LogP contribution in [0.15, 0.2) is 34.9 Å². The SMILES string of the molecule is CC(C)n1nccc1-c1ccc(Br)cc1C(=O)O. The first-order chi connectivity index (χ1) is 8.50. The van der Waals surface area contributed by atoms with E-state index in [2.05, 4.69) is 21.0 Å². The van der Waals surface area contributed by atoms with Crippen LogP contribution in [0.2, 0.25) is 0 Å². The average Bonchev–Trinajstić information content (AvgIpc) is 2.77. The molecule has 0 aliphatic carbocycles. The van der Waals surface area contributed by atoms with Crippen molar-refractivity contribution in [3.8, 4) is 11.3 Å². The summed E-state index contributed by atoms with van der Waals surface area (Å²) in [6.07, 6.45) is 1.68. The van der Waals surface area contributed by atoms with E-state index >= 15 is 0 Å². The van der Waals surface area contributed by atoms with E-state index in [1.54, 1.807) is 18.3 Å². The number of hydrogen-bond donors (Lipinski definition) is 1. The minimum absolute atomic E-state index is 0.181. The number of carboxylic acid groups (broad SMARTS) is 1. The fourth-order valence-electron chi connectivity index (χ4n) is 1.86. The van der Waals surface area contributed by atoms with Gasteiger partial charge in [0.2, 0.25) is 0 Å². The monoisotopic (exact) mass is 308 g/mol. The van der Waals surface area contributed by atoms with Crippen molar-refractivity contribution in [3.05, 3.63) is 40.5 Å². The average molecular weight is 309 g/mol. The summed E-state index contributed by atoms with van der Waals surface area (Å²) < 4.78 is 2.56. The number of nitrogens with zero attached hydrogens (tertiary/aromatic N) is 2. The zero-order valence-electron chi connectivity index (χ0n) is 10.1. The first-order valence-electron chi connectivity index (χ1n) is 5.57. The molecule has 1 heterocycles. The molecule has 0 radical (unpaired) electrons. The fourth-order valence-corrected chi connectivity index (χ4v) is 2.22. The van der Waals surface area contributed by atoms with Crippen LogP contribution < -0.4 is 0 Å². The summed E-state index contributed by atoms with van der Waals surface area (Å²) in [5, 5.41) is 13.5. The van der Waals surface area contributed by atoms with Gasteiger partial charge in [-0.15, -0.1) is 0 Å². The number of rotatable bonds is 3. The number of halogens is 1. The van der Waals surface area contributed by atoms with Gasteiger partial charge in [0, 0.05) is 22.3 Å². The van der Waals surface area contributed by atoms with E-state index < -0.39 is 5.97 Å². The zero-order chi connectivity index (χ0) is 13.3. The molecular formula is C13H13BrN2O2. The summed E-state index contributed by atoms with van der Waals surface area (Å²) in [5.41, 5.74) is 1.76. The van der Waals surface area contributed by atoms with Crippen LogP contribution in [0.3, 0.4) is 0 Å². The number of carboxylic acids is 1. The van der Waals surface area contributed by atoms with Gasteiger partial charge in [0.1, 0.15) is 0 Å². The molecular weight excluding hydrogens is 296 g/mol. The van der Waals surface area contributed by atoms with E-state index in [9.17, 15) is 9.90 Å². The Hall–Kier alpha value is -1.62. The van der Waals surface area contributed by atoms with E-state index in [-0.39, 0.29) is 11.6 Å². The van der Waals surface area contributed by atoms with E-state index in [1.807, 2.05) is 30.7 Å². The minimum atomic E-state index is -0.942. The summed E-state index contributed by atoms with van der Waals surface area (Å²) >= 11 is 3.29. The molecule has 0 saturated carbocycles. The molecule has 0 saturated heterocycles. The van der Waals surface area contributed by atoms with Crippen LogP contribution in [-0.2, 0) is 0 Å². The molecule has 0 unspecified atom stereocenters. The molecule has 5 heteroatoms. The second-order valence-electron chi connectivity index (χ2n) is 4.25. The standard InChI is InChI=1S/C13H13BrN2O2/c1-8(2)16-12(5-6-15-16)10-4-3-9(14)7-11(10)13(17)18/h3-8H,1-2H3,(H,17,18). The Morgan fingerprint density at radius 2 is 2.11 bits per heavy atom. The van der Waals surface area contributed by atoms with Gasteiger partial charge < -0.3 is 5.11 Å². The maximum absolute atomic E-state index is 11.3. The first kappa shape index (κ1) is 12.8. The fraction of sp³-hybridized carbons (Fsp3) is 0.231. The molecule has 0 bridgehead atoms. The second kappa shape index (κ2) is 4.94. The van der Waals surface area contributed by atoms with Gasteiger partial charge in [-0.2, -0.15) is 5.10 Å². The Morgan fingerprint density at radius 1 is 1.39 bits per heavy atom. The van der Waals surface area contributed by atoms with Gasteiger partial charge in [-0.25, -0.2) is 4.79 Å². The highest BCUT2D eigenvalue weighted by molar-refractivity contribution is 9.10. The van der Waals surface area contributed by atoms with Crippen LogP contribution in [0.5, 0.6) is 0 Å². The topological polar surface area (TPSA) is 55.1 Å². The number of aromatic carboxylic acids is 1. The molecule has 1 aromatic carbocycles. The smallest absolute Gasteiger partial charge is 0.336 e. The van der Waals surface area contributed by atoms with Crippen molar-refractivity contribution >= 4 is 21.9 Å². The van der Waals surface area contributed by atoms with Crippen molar-refractivity contribution < 1.29 is 9.90 Å². The van der Waals surface area contributed by atoms with Crippen LogP contribution in [0.1, 0.15) is 30.2 Å². The molecule has 0 aliphatic heterocycles.